The molecule has 0 saturated heterocycles. The first-order valence-corrected chi connectivity index (χ1v) is 9.66. The van der Waals surface area contributed by atoms with Gasteiger partial charge in [-0.1, -0.05) is 36.4 Å². The monoisotopic (exact) mass is 375 g/mol. The molecule has 0 atom stereocenters. The summed E-state index contributed by atoms with van der Waals surface area (Å²) in [6, 6.07) is 16.4. The maximum absolute atomic E-state index is 5.67. The smallest absolute Gasteiger partial charge is 0.161 e. The predicted octanol–water partition coefficient (Wildman–Crippen LogP) is 4.74. The van der Waals surface area contributed by atoms with E-state index in [-0.39, 0.29) is 0 Å². The summed E-state index contributed by atoms with van der Waals surface area (Å²) < 4.78 is 11.3. The SMILES string of the molecule is c1ccc(-c2csc3ncnc(NCc4ccc5c(c4)OCCO5)c23)cc1. The molecule has 0 bridgehead atoms. The summed E-state index contributed by atoms with van der Waals surface area (Å²) >= 11 is 1.64. The van der Waals surface area contributed by atoms with Crippen molar-refractivity contribution < 1.29 is 9.47 Å². The number of thiophene rings is 1. The molecule has 1 N–H and O–H groups in total. The van der Waals surface area contributed by atoms with Crippen LogP contribution in [-0.2, 0) is 6.54 Å². The van der Waals surface area contributed by atoms with Gasteiger partial charge < -0.3 is 14.8 Å². The largest absolute Gasteiger partial charge is 0.486 e. The Bertz CT molecular complexity index is 1100. The Morgan fingerprint density at radius 3 is 2.70 bits per heavy atom. The highest BCUT2D eigenvalue weighted by Gasteiger charge is 2.14. The van der Waals surface area contributed by atoms with E-state index in [4.69, 9.17) is 9.47 Å². The van der Waals surface area contributed by atoms with E-state index in [1.54, 1.807) is 17.7 Å². The fourth-order valence-electron chi connectivity index (χ4n) is 3.22. The van der Waals surface area contributed by atoms with E-state index >= 15 is 0 Å². The van der Waals surface area contributed by atoms with E-state index in [1.165, 1.54) is 5.56 Å². The second-order valence-electron chi connectivity index (χ2n) is 6.25. The van der Waals surface area contributed by atoms with Crippen LogP contribution in [0.15, 0.2) is 60.2 Å². The summed E-state index contributed by atoms with van der Waals surface area (Å²) in [5.74, 6) is 2.45. The molecule has 5 nitrogen and oxygen atoms in total. The number of nitrogens with zero attached hydrogens (tertiary/aromatic N) is 2. The number of hydrogen-bond donors (Lipinski definition) is 1. The van der Waals surface area contributed by atoms with Crippen molar-refractivity contribution in [3.8, 4) is 22.6 Å². The van der Waals surface area contributed by atoms with Gasteiger partial charge in [-0.3, -0.25) is 0 Å². The Hall–Kier alpha value is -3.12. The minimum absolute atomic E-state index is 0.589. The molecule has 0 saturated carbocycles. The number of rotatable bonds is 4. The van der Waals surface area contributed by atoms with E-state index in [2.05, 4.69) is 32.8 Å². The topological polar surface area (TPSA) is 56.3 Å². The van der Waals surface area contributed by atoms with Crippen molar-refractivity contribution in [1.29, 1.82) is 0 Å². The third-order valence-corrected chi connectivity index (χ3v) is 5.41. The molecule has 2 aromatic heterocycles. The molecule has 134 valence electrons. The Kier molecular flexibility index (Phi) is 4.10. The van der Waals surface area contributed by atoms with Crippen LogP contribution in [-0.4, -0.2) is 23.2 Å². The first-order valence-electron chi connectivity index (χ1n) is 8.78. The highest BCUT2D eigenvalue weighted by Crippen LogP contribution is 2.37. The maximum Gasteiger partial charge on any atom is 0.161 e. The first-order chi connectivity index (χ1) is 13.4. The molecule has 0 unspecified atom stereocenters. The van der Waals surface area contributed by atoms with Gasteiger partial charge in [0.15, 0.2) is 11.5 Å². The fourth-order valence-corrected chi connectivity index (χ4v) is 4.14. The van der Waals surface area contributed by atoms with Gasteiger partial charge in [-0.15, -0.1) is 11.3 Å². The standard InChI is InChI=1S/C21H17N3O2S/c1-2-4-15(5-3-1)16-12-27-21-19(16)20(23-13-24-21)22-11-14-6-7-17-18(10-14)26-9-8-25-17/h1-7,10,12-13H,8-9,11H2,(H,22,23,24). The summed E-state index contributed by atoms with van der Waals surface area (Å²) in [7, 11) is 0. The average Bonchev–Trinajstić information content (AvgIpc) is 3.17. The second kappa shape index (κ2) is 6.89. The molecule has 2 aromatic carbocycles. The molecular weight excluding hydrogens is 358 g/mol. The molecular formula is C21H17N3O2S. The van der Waals surface area contributed by atoms with Crippen molar-refractivity contribution in [1.82, 2.24) is 9.97 Å². The highest BCUT2D eigenvalue weighted by molar-refractivity contribution is 7.17. The molecule has 0 aliphatic carbocycles. The van der Waals surface area contributed by atoms with Crippen LogP contribution in [0.3, 0.4) is 0 Å². The molecule has 3 heterocycles. The second-order valence-corrected chi connectivity index (χ2v) is 7.11. The van der Waals surface area contributed by atoms with E-state index in [0.29, 0.717) is 19.8 Å². The Labute approximate surface area is 160 Å². The van der Waals surface area contributed by atoms with Crippen molar-refractivity contribution in [2.45, 2.75) is 6.54 Å². The third-order valence-electron chi connectivity index (χ3n) is 4.52. The molecule has 4 aromatic rings. The highest BCUT2D eigenvalue weighted by atomic mass is 32.1. The predicted molar refractivity (Wildman–Crippen MR) is 108 cm³/mol. The zero-order chi connectivity index (χ0) is 18.1. The van der Waals surface area contributed by atoms with Gasteiger partial charge in [-0.25, -0.2) is 9.97 Å². The van der Waals surface area contributed by atoms with Crippen molar-refractivity contribution in [2.75, 3.05) is 18.5 Å². The molecule has 1 aliphatic heterocycles. The summed E-state index contributed by atoms with van der Waals surface area (Å²) in [4.78, 5) is 9.91. The van der Waals surface area contributed by atoms with Crippen molar-refractivity contribution in [3.63, 3.8) is 0 Å². The molecule has 6 heteroatoms. The molecule has 1 aliphatic rings. The van der Waals surface area contributed by atoms with Gasteiger partial charge in [0.2, 0.25) is 0 Å². The van der Waals surface area contributed by atoms with Crippen LogP contribution in [0.1, 0.15) is 5.56 Å². The minimum atomic E-state index is 0.589. The zero-order valence-corrected chi connectivity index (χ0v) is 15.3. The van der Waals surface area contributed by atoms with Crippen molar-refractivity contribution in [2.24, 2.45) is 0 Å². The van der Waals surface area contributed by atoms with Crippen molar-refractivity contribution >= 4 is 27.4 Å². The van der Waals surface area contributed by atoms with Crippen LogP contribution in [0.5, 0.6) is 11.5 Å². The average molecular weight is 375 g/mol. The van der Waals surface area contributed by atoms with Crippen LogP contribution in [0, 0.1) is 0 Å². The van der Waals surface area contributed by atoms with Crippen LogP contribution in [0.2, 0.25) is 0 Å². The van der Waals surface area contributed by atoms with E-state index in [0.717, 1.165) is 38.7 Å². The molecule has 0 radical (unpaired) electrons. The summed E-state index contributed by atoms with van der Waals surface area (Å²) in [6.45, 7) is 1.84. The normalized spacial score (nSPS) is 12.9. The fraction of sp³-hybridized carbons (Fsp3) is 0.143. The number of anilines is 1. The van der Waals surface area contributed by atoms with Gasteiger partial charge in [-0.05, 0) is 23.3 Å². The number of nitrogens with one attached hydrogen (secondary N) is 1. The number of aromatic nitrogens is 2. The lowest BCUT2D eigenvalue weighted by Crippen LogP contribution is -2.15. The van der Waals surface area contributed by atoms with Gasteiger partial charge in [-0.2, -0.15) is 0 Å². The van der Waals surface area contributed by atoms with Gasteiger partial charge in [0, 0.05) is 17.5 Å². The maximum atomic E-state index is 5.67. The Balaban J connectivity index is 1.46. The molecule has 0 spiro atoms. The van der Waals surface area contributed by atoms with Gasteiger partial charge in [0.05, 0.1) is 5.39 Å². The van der Waals surface area contributed by atoms with E-state index in [9.17, 15) is 0 Å². The number of fused-ring (bicyclic) bond motifs is 2. The van der Waals surface area contributed by atoms with Crippen LogP contribution in [0.4, 0.5) is 5.82 Å². The van der Waals surface area contributed by atoms with Gasteiger partial charge in [0.25, 0.3) is 0 Å². The Morgan fingerprint density at radius 2 is 1.81 bits per heavy atom. The van der Waals surface area contributed by atoms with Gasteiger partial charge in [0.1, 0.15) is 30.2 Å². The Morgan fingerprint density at radius 1 is 0.963 bits per heavy atom. The molecule has 27 heavy (non-hydrogen) atoms. The number of hydrogen-bond acceptors (Lipinski definition) is 6. The van der Waals surface area contributed by atoms with Gasteiger partial charge >= 0.3 is 0 Å². The summed E-state index contributed by atoms with van der Waals surface area (Å²) in [5.41, 5.74) is 3.43. The minimum Gasteiger partial charge on any atom is -0.486 e. The third kappa shape index (κ3) is 3.08. The van der Waals surface area contributed by atoms with Crippen LogP contribution < -0.4 is 14.8 Å². The molecule has 5 rings (SSSR count). The number of ether oxygens (including phenoxy) is 2. The van der Waals surface area contributed by atoms with Crippen molar-refractivity contribution in [3.05, 3.63) is 65.8 Å². The quantitative estimate of drug-likeness (QED) is 0.558. The number of benzene rings is 2. The first kappa shape index (κ1) is 16.1. The molecule has 0 amide bonds. The lowest BCUT2D eigenvalue weighted by Gasteiger charge is -2.19. The lowest BCUT2D eigenvalue weighted by molar-refractivity contribution is 0.171. The van der Waals surface area contributed by atoms with Crippen LogP contribution in [0.25, 0.3) is 21.3 Å². The summed E-state index contributed by atoms with van der Waals surface area (Å²) in [5, 5.41) is 6.67. The van der Waals surface area contributed by atoms with E-state index in [1.807, 2.05) is 36.4 Å². The van der Waals surface area contributed by atoms with Crippen LogP contribution >= 0.6 is 11.3 Å². The summed E-state index contributed by atoms with van der Waals surface area (Å²) in [6.07, 6.45) is 1.61. The lowest BCUT2D eigenvalue weighted by atomic mass is 10.1. The van der Waals surface area contributed by atoms with E-state index < -0.39 is 0 Å². The zero-order valence-electron chi connectivity index (χ0n) is 14.5. The molecule has 0 fully saturated rings.